The molecule has 0 spiro atoms. The van der Waals surface area contributed by atoms with Gasteiger partial charge >= 0.3 is 5.97 Å². The average molecular weight is 626 g/mol. The van der Waals surface area contributed by atoms with Crippen molar-refractivity contribution in [2.75, 3.05) is 6.61 Å². The van der Waals surface area contributed by atoms with Crippen molar-refractivity contribution in [2.45, 2.75) is 46.4 Å². The largest absolute Gasteiger partial charge is 0.491 e. The van der Waals surface area contributed by atoms with Crippen LogP contribution in [0.1, 0.15) is 50.4 Å². The summed E-state index contributed by atoms with van der Waals surface area (Å²) in [7, 11) is 0. The van der Waals surface area contributed by atoms with Gasteiger partial charge in [-0.05, 0) is 69.2 Å². The zero-order valence-electron chi connectivity index (χ0n) is 24.9. The molecule has 0 bridgehead atoms. The molecular formula is C35H32ClN3O4S. The van der Waals surface area contributed by atoms with Gasteiger partial charge in [0.2, 0.25) is 0 Å². The van der Waals surface area contributed by atoms with Gasteiger partial charge in [-0.2, -0.15) is 0 Å². The Balaban J connectivity index is 1.49. The summed E-state index contributed by atoms with van der Waals surface area (Å²) in [5.74, 6) is 0.223. The van der Waals surface area contributed by atoms with E-state index in [0.717, 1.165) is 27.6 Å². The first-order valence-electron chi connectivity index (χ1n) is 14.5. The van der Waals surface area contributed by atoms with E-state index in [1.165, 1.54) is 11.3 Å². The Bertz CT molecular complexity index is 2090. The molecule has 6 rings (SSSR count). The van der Waals surface area contributed by atoms with Crippen molar-refractivity contribution in [1.82, 2.24) is 9.13 Å². The van der Waals surface area contributed by atoms with Crippen LogP contribution in [0.4, 0.5) is 0 Å². The van der Waals surface area contributed by atoms with E-state index in [0.29, 0.717) is 37.9 Å². The van der Waals surface area contributed by atoms with Crippen LogP contribution in [0.5, 0.6) is 5.75 Å². The summed E-state index contributed by atoms with van der Waals surface area (Å²) in [6.45, 7) is 8.28. The van der Waals surface area contributed by atoms with Crippen LogP contribution >= 0.6 is 22.9 Å². The average Bonchev–Trinajstić information content (AvgIpc) is 3.50. The van der Waals surface area contributed by atoms with Crippen LogP contribution in [-0.2, 0) is 16.1 Å². The Labute approximate surface area is 264 Å². The molecule has 1 atom stereocenters. The van der Waals surface area contributed by atoms with Gasteiger partial charge in [0.05, 0.1) is 34.6 Å². The highest BCUT2D eigenvalue weighted by atomic mass is 35.5. The van der Waals surface area contributed by atoms with Crippen molar-refractivity contribution in [3.63, 3.8) is 0 Å². The van der Waals surface area contributed by atoms with E-state index in [2.05, 4.69) is 10.6 Å². The smallest absolute Gasteiger partial charge is 0.338 e. The molecule has 0 amide bonds. The molecule has 5 aromatic rings. The number of halogens is 1. The maximum atomic E-state index is 14.2. The van der Waals surface area contributed by atoms with Gasteiger partial charge < -0.3 is 14.0 Å². The first kappa shape index (κ1) is 29.7. The number of allylic oxidation sites excluding steroid dienone is 1. The van der Waals surface area contributed by atoms with E-state index >= 15 is 0 Å². The summed E-state index contributed by atoms with van der Waals surface area (Å²) >= 11 is 7.79. The summed E-state index contributed by atoms with van der Waals surface area (Å²) in [4.78, 5) is 32.7. The zero-order chi connectivity index (χ0) is 31.0. The molecule has 0 fully saturated rings. The fraction of sp³-hybridized carbons (Fsp3) is 0.229. The number of rotatable bonds is 8. The SMILES string of the molecule is CCOC(=O)C1=C(C)N=c2s/c(=C\c3cn(Cc4ccccc4Cl)c4ccccc34)c(=O)n2[C@@H]1c1ccc(OC(C)C)cc1. The van der Waals surface area contributed by atoms with E-state index in [1.807, 2.05) is 92.9 Å². The first-order valence-corrected chi connectivity index (χ1v) is 15.7. The van der Waals surface area contributed by atoms with Gasteiger partial charge in [0.15, 0.2) is 4.80 Å². The number of carbonyl (C=O) groups excluding carboxylic acids is 1. The van der Waals surface area contributed by atoms with Gasteiger partial charge in [0, 0.05) is 34.2 Å². The summed E-state index contributed by atoms with van der Waals surface area (Å²) in [6, 6.07) is 22.7. The molecule has 0 aliphatic carbocycles. The van der Waals surface area contributed by atoms with Crippen molar-refractivity contribution in [1.29, 1.82) is 0 Å². The Morgan fingerprint density at radius 3 is 2.52 bits per heavy atom. The van der Waals surface area contributed by atoms with Gasteiger partial charge in [-0.1, -0.05) is 71.5 Å². The quantitative estimate of drug-likeness (QED) is 0.191. The maximum absolute atomic E-state index is 14.2. The Morgan fingerprint density at radius 1 is 1.07 bits per heavy atom. The first-order chi connectivity index (χ1) is 21.2. The summed E-state index contributed by atoms with van der Waals surface area (Å²) in [6.07, 6.45) is 3.98. The van der Waals surface area contributed by atoms with Gasteiger partial charge in [0.25, 0.3) is 5.56 Å². The van der Waals surface area contributed by atoms with E-state index in [1.54, 1.807) is 18.4 Å². The summed E-state index contributed by atoms with van der Waals surface area (Å²) in [5, 5.41) is 1.72. The van der Waals surface area contributed by atoms with Gasteiger partial charge in [-0.25, -0.2) is 9.79 Å². The third kappa shape index (κ3) is 5.63. The lowest BCUT2D eigenvalue weighted by Crippen LogP contribution is -2.39. The molecule has 0 N–H and O–H groups in total. The summed E-state index contributed by atoms with van der Waals surface area (Å²) in [5.41, 5.74) is 4.37. The fourth-order valence-electron chi connectivity index (χ4n) is 5.58. The van der Waals surface area contributed by atoms with Crippen LogP contribution in [0.25, 0.3) is 17.0 Å². The number of fused-ring (bicyclic) bond motifs is 2. The normalized spacial score (nSPS) is 15.0. The number of benzene rings is 3. The molecular weight excluding hydrogens is 594 g/mol. The van der Waals surface area contributed by atoms with E-state index < -0.39 is 12.0 Å². The number of hydrogen-bond acceptors (Lipinski definition) is 6. The van der Waals surface area contributed by atoms with E-state index in [4.69, 9.17) is 26.1 Å². The molecule has 9 heteroatoms. The Kier molecular flexibility index (Phi) is 8.29. The van der Waals surface area contributed by atoms with Crippen molar-refractivity contribution < 1.29 is 14.3 Å². The topological polar surface area (TPSA) is 74.8 Å². The van der Waals surface area contributed by atoms with Gasteiger partial charge in [0.1, 0.15) is 5.75 Å². The molecule has 0 radical (unpaired) electrons. The van der Waals surface area contributed by atoms with Crippen LogP contribution < -0.4 is 19.6 Å². The van der Waals surface area contributed by atoms with Crippen molar-refractivity contribution in [3.8, 4) is 5.75 Å². The molecule has 0 saturated carbocycles. The zero-order valence-corrected chi connectivity index (χ0v) is 26.5. The van der Waals surface area contributed by atoms with Crippen molar-refractivity contribution in [2.24, 2.45) is 4.99 Å². The second-order valence-electron chi connectivity index (χ2n) is 10.9. The Hall–Kier alpha value is -4.40. The van der Waals surface area contributed by atoms with Crippen LogP contribution in [-0.4, -0.2) is 27.8 Å². The molecule has 3 aromatic carbocycles. The Morgan fingerprint density at radius 2 is 1.80 bits per heavy atom. The van der Waals surface area contributed by atoms with E-state index in [9.17, 15) is 9.59 Å². The number of aromatic nitrogens is 2. The monoisotopic (exact) mass is 625 g/mol. The van der Waals surface area contributed by atoms with Crippen molar-refractivity contribution in [3.05, 3.63) is 132 Å². The lowest BCUT2D eigenvalue weighted by atomic mass is 9.96. The number of para-hydroxylation sites is 1. The molecule has 1 aliphatic heterocycles. The van der Waals surface area contributed by atoms with E-state index in [-0.39, 0.29) is 18.3 Å². The highest BCUT2D eigenvalue weighted by molar-refractivity contribution is 7.07. The number of thiazole rings is 1. The molecule has 7 nitrogen and oxygen atoms in total. The number of nitrogens with zero attached hydrogens (tertiary/aromatic N) is 3. The van der Waals surface area contributed by atoms with Crippen LogP contribution in [0.3, 0.4) is 0 Å². The minimum Gasteiger partial charge on any atom is -0.491 e. The maximum Gasteiger partial charge on any atom is 0.338 e. The third-order valence-corrected chi connectivity index (χ3v) is 8.84. The number of ether oxygens (including phenoxy) is 2. The highest BCUT2D eigenvalue weighted by Gasteiger charge is 2.33. The molecule has 2 aromatic heterocycles. The van der Waals surface area contributed by atoms with Gasteiger partial charge in [-0.15, -0.1) is 0 Å². The van der Waals surface area contributed by atoms with Crippen LogP contribution in [0.2, 0.25) is 5.02 Å². The highest BCUT2D eigenvalue weighted by Crippen LogP contribution is 2.32. The lowest BCUT2D eigenvalue weighted by Gasteiger charge is -2.25. The lowest BCUT2D eigenvalue weighted by molar-refractivity contribution is -0.139. The molecule has 44 heavy (non-hydrogen) atoms. The van der Waals surface area contributed by atoms with Crippen LogP contribution in [0, 0.1) is 0 Å². The third-order valence-electron chi connectivity index (χ3n) is 7.49. The fourth-order valence-corrected chi connectivity index (χ4v) is 6.81. The molecule has 1 aliphatic rings. The molecule has 0 saturated heterocycles. The minimum atomic E-state index is -0.692. The molecule has 224 valence electrons. The predicted octanol–water partition coefficient (Wildman–Crippen LogP) is 6.24. The number of carbonyl (C=O) groups is 1. The minimum absolute atomic E-state index is 0.0198. The van der Waals surface area contributed by atoms with Crippen molar-refractivity contribution >= 4 is 45.9 Å². The summed E-state index contributed by atoms with van der Waals surface area (Å²) < 4.78 is 15.5. The molecule has 0 unspecified atom stereocenters. The molecule has 3 heterocycles. The van der Waals surface area contributed by atoms with Crippen LogP contribution in [0.15, 0.2) is 100 Å². The second kappa shape index (κ2) is 12.3. The number of esters is 1. The predicted molar refractivity (Wildman–Crippen MR) is 175 cm³/mol. The second-order valence-corrected chi connectivity index (χ2v) is 12.3. The standard InChI is InChI=1S/C35H32ClN3O4S/c1-5-42-34(41)31-22(4)37-35-39(32(31)23-14-16-26(17-15-23)43-21(2)3)33(40)30(44-35)18-25-20-38(29-13-9-7-11-27(25)29)19-24-10-6-8-12-28(24)36/h6-18,20-21,32H,5,19H2,1-4H3/b30-18-/t32-/m1/s1. The number of hydrogen-bond donors (Lipinski definition) is 0. The van der Waals surface area contributed by atoms with Gasteiger partial charge in [-0.3, -0.25) is 9.36 Å².